The minimum absolute atomic E-state index is 1.08. The molecular weight excluding hydrogens is 271 g/mol. The van der Waals surface area contributed by atoms with Gasteiger partial charge in [-0.3, -0.25) is 0 Å². The van der Waals surface area contributed by atoms with Gasteiger partial charge in [-0.15, -0.1) is 13.2 Å². The third-order valence-corrected chi connectivity index (χ3v) is 5.41. The normalized spacial score (nSPS) is 12.7. The number of hydrogen-bond donors (Lipinski definition) is 0. The Morgan fingerprint density at radius 3 is 2.00 bits per heavy atom. The van der Waals surface area contributed by atoms with Crippen molar-refractivity contribution in [3.63, 3.8) is 0 Å². The summed E-state index contributed by atoms with van der Waals surface area (Å²) < 4.78 is 0. The van der Waals surface area contributed by atoms with Gasteiger partial charge in [-0.2, -0.15) is 0 Å². The standard InChI is InChI=1S/C20H19P/c1-21(2,3)13-17-10-9-16-8-7-14-5-4-6-15-11-12-18(17)20(16)19(14)15/h4-12H,1,13H2,2-3H3. The molecule has 0 unspecified atom stereocenters. The SMILES string of the molecule is C=P(C)(C)Cc1ccc2ccc3cccc4ccc1c2c34. The Bertz CT molecular complexity index is 989. The highest BCUT2D eigenvalue weighted by Gasteiger charge is 2.12. The molecule has 0 heterocycles. The Labute approximate surface area is 125 Å². The van der Waals surface area contributed by atoms with Gasteiger partial charge in [0.15, 0.2) is 0 Å². The zero-order valence-corrected chi connectivity index (χ0v) is 13.5. The van der Waals surface area contributed by atoms with E-state index in [4.69, 9.17) is 0 Å². The van der Waals surface area contributed by atoms with Crippen LogP contribution < -0.4 is 0 Å². The van der Waals surface area contributed by atoms with Crippen LogP contribution >= 0.6 is 6.89 Å². The summed E-state index contributed by atoms with van der Waals surface area (Å²) in [6.07, 6.45) is 5.50. The van der Waals surface area contributed by atoms with Gasteiger partial charge in [0.1, 0.15) is 0 Å². The van der Waals surface area contributed by atoms with E-state index in [-0.39, 0.29) is 0 Å². The van der Waals surface area contributed by atoms with Crippen molar-refractivity contribution in [1.29, 1.82) is 0 Å². The predicted octanol–water partition coefficient (Wildman–Crippen LogP) is 5.79. The summed E-state index contributed by atoms with van der Waals surface area (Å²) in [5.74, 6) is 0. The molecule has 0 aliphatic heterocycles. The van der Waals surface area contributed by atoms with Crippen molar-refractivity contribution in [3.05, 3.63) is 60.2 Å². The van der Waals surface area contributed by atoms with Crippen LogP contribution in [0.25, 0.3) is 32.3 Å². The van der Waals surface area contributed by atoms with Gasteiger partial charge < -0.3 is 0 Å². The molecule has 4 aromatic rings. The van der Waals surface area contributed by atoms with Crippen LogP contribution in [0, 0.1) is 0 Å². The Morgan fingerprint density at radius 1 is 0.762 bits per heavy atom. The minimum atomic E-state index is -1.08. The quantitative estimate of drug-likeness (QED) is 0.323. The molecule has 104 valence electrons. The second-order valence-electron chi connectivity index (χ2n) is 6.67. The fourth-order valence-electron chi connectivity index (χ4n) is 3.39. The van der Waals surface area contributed by atoms with Crippen molar-refractivity contribution < 1.29 is 0 Å². The molecule has 21 heavy (non-hydrogen) atoms. The van der Waals surface area contributed by atoms with Gasteiger partial charge in [-0.05, 0) is 57.4 Å². The van der Waals surface area contributed by atoms with E-state index >= 15 is 0 Å². The first-order chi connectivity index (χ1) is 10.0. The second-order valence-corrected chi connectivity index (χ2v) is 10.9. The van der Waals surface area contributed by atoms with E-state index in [0.717, 1.165) is 6.16 Å². The maximum absolute atomic E-state index is 4.39. The second kappa shape index (κ2) is 4.36. The molecule has 0 atom stereocenters. The molecule has 0 amide bonds. The Balaban J connectivity index is 2.18. The van der Waals surface area contributed by atoms with E-state index in [2.05, 4.69) is 74.2 Å². The molecule has 0 N–H and O–H groups in total. The zero-order valence-electron chi connectivity index (χ0n) is 12.6. The zero-order chi connectivity index (χ0) is 14.6. The molecule has 4 rings (SSSR count). The van der Waals surface area contributed by atoms with Gasteiger partial charge in [0, 0.05) is 0 Å². The van der Waals surface area contributed by atoms with Crippen molar-refractivity contribution in [2.24, 2.45) is 0 Å². The van der Waals surface area contributed by atoms with Crippen LogP contribution in [0.1, 0.15) is 5.56 Å². The fourth-order valence-corrected chi connectivity index (χ4v) is 4.59. The third kappa shape index (κ3) is 2.06. The van der Waals surface area contributed by atoms with Crippen LogP contribution in [-0.2, 0) is 6.16 Å². The van der Waals surface area contributed by atoms with Gasteiger partial charge in [0.05, 0.1) is 0 Å². The Morgan fingerprint density at radius 2 is 1.33 bits per heavy atom. The monoisotopic (exact) mass is 290 g/mol. The first-order valence-corrected chi connectivity index (χ1v) is 10.4. The van der Waals surface area contributed by atoms with E-state index in [1.165, 1.54) is 37.9 Å². The number of benzene rings is 4. The highest BCUT2D eigenvalue weighted by atomic mass is 31.2. The maximum atomic E-state index is 4.39. The average molecular weight is 290 g/mol. The van der Waals surface area contributed by atoms with Crippen LogP contribution in [0.4, 0.5) is 0 Å². The maximum Gasteiger partial charge on any atom is -0.00239 e. The molecule has 0 spiro atoms. The molecule has 0 bridgehead atoms. The van der Waals surface area contributed by atoms with E-state index in [9.17, 15) is 0 Å². The summed E-state index contributed by atoms with van der Waals surface area (Å²) in [5.41, 5.74) is 1.45. The van der Waals surface area contributed by atoms with Crippen molar-refractivity contribution >= 4 is 45.5 Å². The summed E-state index contributed by atoms with van der Waals surface area (Å²) in [7, 11) is 0. The first-order valence-electron chi connectivity index (χ1n) is 7.36. The Hall–Kier alpha value is -1.78. The van der Waals surface area contributed by atoms with Gasteiger partial charge in [0.2, 0.25) is 0 Å². The lowest BCUT2D eigenvalue weighted by Crippen LogP contribution is -1.91. The van der Waals surface area contributed by atoms with E-state index in [1.54, 1.807) is 0 Å². The molecule has 0 aliphatic carbocycles. The largest absolute Gasteiger partial charge is 0.114 e. The van der Waals surface area contributed by atoms with E-state index < -0.39 is 6.89 Å². The summed E-state index contributed by atoms with van der Waals surface area (Å²) in [6.45, 7) is 3.54. The summed E-state index contributed by atoms with van der Waals surface area (Å²) >= 11 is 0. The summed E-state index contributed by atoms with van der Waals surface area (Å²) in [4.78, 5) is 0. The molecule has 0 saturated heterocycles. The lowest BCUT2D eigenvalue weighted by Gasteiger charge is -2.17. The fraction of sp³-hybridized carbons (Fsp3) is 0.150. The minimum Gasteiger partial charge on any atom is -0.114 e. The van der Waals surface area contributed by atoms with E-state index in [0.29, 0.717) is 0 Å². The predicted molar refractivity (Wildman–Crippen MR) is 99.7 cm³/mol. The molecule has 0 radical (unpaired) electrons. The van der Waals surface area contributed by atoms with Gasteiger partial charge in [-0.1, -0.05) is 54.6 Å². The van der Waals surface area contributed by atoms with Gasteiger partial charge >= 0.3 is 0 Å². The highest BCUT2D eigenvalue weighted by Crippen LogP contribution is 2.43. The van der Waals surface area contributed by atoms with Crippen LogP contribution in [0.3, 0.4) is 0 Å². The van der Waals surface area contributed by atoms with Crippen molar-refractivity contribution in [2.45, 2.75) is 6.16 Å². The average Bonchev–Trinajstić information content (AvgIpc) is 2.45. The molecule has 1 heteroatoms. The molecule has 0 aliphatic rings. The molecule has 0 nitrogen and oxygen atoms in total. The van der Waals surface area contributed by atoms with Crippen molar-refractivity contribution in [3.8, 4) is 0 Å². The number of hydrogen-bond acceptors (Lipinski definition) is 0. The topological polar surface area (TPSA) is 0 Å². The smallest absolute Gasteiger partial charge is 0.00239 e. The Kier molecular flexibility index (Phi) is 2.68. The molecule has 4 aromatic carbocycles. The first kappa shape index (κ1) is 12.9. The van der Waals surface area contributed by atoms with Crippen molar-refractivity contribution in [1.82, 2.24) is 0 Å². The lowest BCUT2D eigenvalue weighted by atomic mass is 9.92. The highest BCUT2D eigenvalue weighted by molar-refractivity contribution is 7.71. The van der Waals surface area contributed by atoms with Gasteiger partial charge in [0.25, 0.3) is 0 Å². The molecule has 0 aromatic heterocycles. The summed E-state index contributed by atoms with van der Waals surface area (Å²) in [5, 5.41) is 8.27. The van der Waals surface area contributed by atoms with E-state index in [1.807, 2.05) is 0 Å². The molecule has 0 saturated carbocycles. The summed E-state index contributed by atoms with van der Waals surface area (Å²) in [6, 6.07) is 20.2. The third-order valence-electron chi connectivity index (χ3n) is 4.22. The van der Waals surface area contributed by atoms with Crippen LogP contribution in [0.5, 0.6) is 0 Å². The van der Waals surface area contributed by atoms with Crippen LogP contribution in [0.2, 0.25) is 0 Å². The van der Waals surface area contributed by atoms with Crippen molar-refractivity contribution in [2.75, 3.05) is 13.3 Å². The van der Waals surface area contributed by atoms with Gasteiger partial charge in [-0.25, -0.2) is 0 Å². The lowest BCUT2D eigenvalue weighted by molar-refractivity contribution is 1.45. The number of rotatable bonds is 2. The van der Waals surface area contributed by atoms with Crippen LogP contribution in [-0.4, -0.2) is 19.6 Å². The molecule has 0 fully saturated rings. The molecular formula is C20H19P. The van der Waals surface area contributed by atoms with Crippen LogP contribution in [0.15, 0.2) is 54.6 Å².